The van der Waals surface area contributed by atoms with E-state index in [-0.39, 0.29) is 30.0 Å². The van der Waals surface area contributed by atoms with E-state index in [1.807, 2.05) is 6.07 Å². The van der Waals surface area contributed by atoms with Gasteiger partial charge in [0, 0.05) is 38.8 Å². The van der Waals surface area contributed by atoms with E-state index in [1.165, 1.54) is 11.6 Å². The van der Waals surface area contributed by atoms with Crippen molar-refractivity contribution in [3.63, 3.8) is 0 Å². The monoisotopic (exact) mass is 420 g/mol. The first kappa shape index (κ1) is 20.6. The number of hydrogen-bond donors (Lipinski definition) is 1. The second-order valence-corrected chi connectivity index (χ2v) is 7.36. The van der Waals surface area contributed by atoms with Gasteiger partial charge in [0.05, 0.1) is 13.1 Å². The van der Waals surface area contributed by atoms with E-state index in [1.54, 1.807) is 35.8 Å². The van der Waals surface area contributed by atoms with E-state index in [9.17, 15) is 14.4 Å². The van der Waals surface area contributed by atoms with Gasteiger partial charge in [-0.05, 0) is 6.92 Å². The molecule has 0 saturated carbocycles. The molecule has 9 nitrogen and oxygen atoms in total. The molecule has 0 atom stereocenters. The quantitative estimate of drug-likeness (QED) is 0.469. The number of Topliss-reactive ketones (excluding diaryl/α,β-unsaturated/α-hetero) is 1. The zero-order valence-electron chi connectivity index (χ0n) is 17.6. The van der Waals surface area contributed by atoms with Crippen molar-refractivity contribution in [2.45, 2.75) is 20.0 Å². The number of rotatable bonds is 5. The van der Waals surface area contributed by atoms with Crippen molar-refractivity contribution in [2.24, 2.45) is 7.05 Å². The fourth-order valence-electron chi connectivity index (χ4n) is 3.76. The molecule has 1 saturated heterocycles. The van der Waals surface area contributed by atoms with E-state index in [0.29, 0.717) is 11.5 Å². The van der Waals surface area contributed by atoms with Crippen molar-refractivity contribution in [1.29, 1.82) is 0 Å². The molecule has 0 unspecified atom stereocenters. The summed E-state index contributed by atoms with van der Waals surface area (Å²) in [5, 5.41) is 3.29. The van der Waals surface area contributed by atoms with Crippen LogP contribution in [-0.4, -0.2) is 50.6 Å². The average molecular weight is 420 g/mol. The smallest absolute Gasteiger partial charge is 0.332 e. The lowest BCUT2D eigenvalue weighted by Crippen LogP contribution is -2.44. The Kier molecular flexibility index (Phi) is 5.73. The van der Waals surface area contributed by atoms with Crippen LogP contribution in [0.15, 0.2) is 39.9 Å². The highest BCUT2D eigenvalue weighted by Crippen LogP contribution is 2.20. The number of anilines is 1. The highest BCUT2D eigenvalue weighted by molar-refractivity contribution is 5.96. The minimum atomic E-state index is -0.570. The summed E-state index contributed by atoms with van der Waals surface area (Å²) in [6.45, 7) is 4.82. The Morgan fingerprint density at radius 1 is 1.13 bits per heavy atom. The van der Waals surface area contributed by atoms with Crippen LogP contribution in [0, 0.1) is 11.8 Å². The molecule has 3 heterocycles. The summed E-state index contributed by atoms with van der Waals surface area (Å²) in [7, 11) is 1.42. The first-order valence-electron chi connectivity index (χ1n) is 10.2. The Morgan fingerprint density at radius 2 is 1.84 bits per heavy atom. The van der Waals surface area contributed by atoms with Crippen LogP contribution in [0.3, 0.4) is 0 Å². The molecule has 9 heteroatoms. The van der Waals surface area contributed by atoms with E-state index in [0.717, 1.165) is 30.7 Å². The zero-order chi connectivity index (χ0) is 22.0. The van der Waals surface area contributed by atoms with Crippen molar-refractivity contribution in [3.8, 4) is 11.8 Å². The molecule has 0 amide bonds. The van der Waals surface area contributed by atoms with Crippen LogP contribution in [0.2, 0.25) is 0 Å². The zero-order valence-corrected chi connectivity index (χ0v) is 17.6. The minimum absolute atomic E-state index is 0.203. The van der Waals surface area contributed by atoms with Crippen LogP contribution in [0.1, 0.15) is 17.3 Å². The summed E-state index contributed by atoms with van der Waals surface area (Å²) >= 11 is 0. The lowest BCUT2D eigenvalue weighted by Gasteiger charge is -2.28. The predicted molar refractivity (Wildman–Crippen MR) is 119 cm³/mol. The third-order valence-corrected chi connectivity index (χ3v) is 5.42. The Labute approximate surface area is 178 Å². The molecule has 3 aromatic rings. The number of carbonyl (C=O) groups is 1. The Balaban J connectivity index is 1.92. The summed E-state index contributed by atoms with van der Waals surface area (Å²) in [5.41, 5.74) is -0.0341. The van der Waals surface area contributed by atoms with Gasteiger partial charge in [-0.2, -0.15) is 4.98 Å². The fraction of sp³-hybridized carbons (Fsp3) is 0.364. The van der Waals surface area contributed by atoms with Crippen LogP contribution in [0.25, 0.3) is 11.2 Å². The van der Waals surface area contributed by atoms with Gasteiger partial charge in [0.1, 0.15) is 0 Å². The minimum Gasteiger partial charge on any atom is -0.340 e. The van der Waals surface area contributed by atoms with Gasteiger partial charge in [-0.1, -0.05) is 36.3 Å². The lowest BCUT2D eigenvalue weighted by atomic mass is 10.1. The van der Waals surface area contributed by atoms with Gasteiger partial charge in [-0.15, -0.1) is 5.92 Å². The van der Waals surface area contributed by atoms with E-state index in [4.69, 9.17) is 0 Å². The van der Waals surface area contributed by atoms with Gasteiger partial charge in [0.2, 0.25) is 5.95 Å². The summed E-state index contributed by atoms with van der Waals surface area (Å²) in [4.78, 5) is 45.6. The molecule has 4 rings (SSSR count). The van der Waals surface area contributed by atoms with Crippen molar-refractivity contribution in [3.05, 3.63) is 56.7 Å². The topological polar surface area (TPSA) is 94.2 Å². The molecule has 1 aromatic carbocycles. The first-order valence-corrected chi connectivity index (χ1v) is 10.2. The van der Waals surface area contributed by atoms with Crippen LogP contribution < -0.4 is 21.5 Å². The number of nitrogens with zero attached hydrogens (tertiary/aromatic N) is 5. The summed E-state index contributed by atoms with van der Waals surface area (Å²) in [6, 6.07) is 8.77. The van der Waals surface area contributed by atoms with Gasteiger partial charge in [-0.3, -0.25) is 23.3 Å². The summed E-state index contributed by atoms with van der Waals surface area (Å²) in [5.74, 6) is 6.21. The molecule has 1 N–H and O–H groups in total. The SMILES string of the molecule is CC#CCn1c(N2CCNCC2)nc2c1c(=O)n(C)c(=O)n2CC(=O)c1ccccc1. The predicted octanol–water partition coefficient (Wildman–Crippen LogP) is 0.213. The number of carbonyl (C=O) groups excluding carboxylic acids is 1. The van der Waals surface area contributed by atoms with Crippen LogP contribution in [-0.2, 0) is 20.1 Å². The average Bonchev–Trinajstić information content (AvgIpc) is 3.19. The molecular formula is C22H24N6O3. The molecule has 31 heavy (non-hydrogen) atoms. The third kappa shape index (κ3) is 3.78. The number of ketones is 1. The van der Waals surface area contributed by atoms with E-state index >= 15 is 0 Å². The summed E-state index contributed by atoms with van der Waals surface area (Å²) < 4.78 is 4.07. The second kappa shape index (κ2) is 8.62. The maximum Gasteiger partial charge on any atom is 0.332 e. The molecular weight excluding hydrogens is 396 g/mol. The Morgan fingerprint density at radius 3 is 2.52 bits per heavy atom. The largest absolute Gasteiger partial charge is 0.340 e. The molecule has 0 aliphatic carbocycles. The molecule has 0 spiro atoms. The van der Waals surface area contributed by atoms with Crippen LogP contribution in [0.4, 0.5) is 5.95 Å². The number of piperazine rings is 1. The molecule has 0 bridgehead atoms. The number of benzene rings is 1. The fourth-order valence-corrected chi connectivity index (χ4v) is 3.76. The van der Waals surface area contributed by atoms with Crippen LogP contribution in [0.5, 0.6) is 0 Å². The Hall–Kier alpha value is -3.64. The number of nitrogens with one attached hydrogen (secondary N) is 1. The van der Waals surface area contributed by atoms with Gasteiger partial charge < -0.3 is 10.2 Å². The highest BCUT2D eigenvalue weighted by atomic mass is 16.2. The second-order valence-electron chi connectivity index (χ2n) is 7.36. The van der Waals surface area contributed by atoms with E-state index < -0.39 is 11.2 Å². The standard InChI is InChI=1S/C22H24N6O3/c1-3-4-12-27-18-19(24-21(27)26-13-10-23-11-14-26)28(22(31)25(2)20(18)30)15-17(29)16-8-6-5-7-9-16/h5-9,23H,10-15H2,1-2H3. The van der Waals surface area contributed by atoms with Gasteiger partial charge in [-0.25, -0.2) is 4.79 Å². The van der Waals surface area contributed by atoms with Crippen LogP contribution >= 0.6 is 0 Å². The molecule has 2 aromatic heterocycles. The van der Waals surface area contributed by atoms with Crippen molar-refractivity contribution >= 4 is 22.9 Å². The van der Waals surface area contributed by atoms with Gasteiger partial charge in [0.25, 0.3) is 5.56 Å². The number of hydrogen-bond acceptors (Lipinski definition) is 6. The molecule has 0 radical (unpaired) electrons. The number of aromatic nitrogens is 4. The van der Waals surface area contributed by atoms with Gasteiger partial charge in [0.15, 0.2) is 16.9 Å². The molecule has 1 aliphatic rings. The maximum absolute atomic E-state index is 13.1. The van der Waals surface area contributed by atoms with Crippen molar-refractivity contribution in [2.75, 3.05) is 31.1 Å². The summed E-state index contributed by atoms with van der Waals surface area (Å²) in [6.07, 6.45) is 0. The Bertz CT molecular complexity index is 1300. The number of imidazole rings is 1. The first-order chi connectivity index (χ1) is 15.0. The van der Waals surface area contributed by atoms with Crippen molar-refractivity contribution < 1.29 is 4.79 Å². The molecule has 1 fully saturated rings. The third-order valence-electron chi connectivity index (χ3n) is 5.42. The highest BCUT2D eigenvalue weighted by Gasteiger charge is 2.25. The van der Waals surface area contributed by atoms with Crippen molar-refractivity contribution in [1.82, 2.24) is 24.0 Å². The maximum atomic E-state index is 13.1. The normalized spacial score (nSPS) is 13.8. The molecule has 1 aliphatic heterocycles. The number of fused-ring (bicyclic) bond motifs is 1. The lowest BCUT2D eigenvalue weighted by molar-refractivity contribution is 0.0971. The molecule has 160 valence electrons. The van der Waals surface area contributed by atoms with Gasteiger partial charge >= 0.3 is 5.69 Å². The van der Waals surface area contributed by atoms with E-state index in [2.05, 4.69) is 27.0 Å².